The predicted molar refractivity (Wildman–Crippen MR) is 91.1 cm³/mol. The summed E-state index contributed by atoms with van der Waals surface area (Å²) >= 11 is 0. The zero-order valence-corrected chi connectivity index (χ0v) is 15.0. The van der Waals surface area contributed by atoms with Crippen LogP contribution in [0.25, 0.3) is 0 Å². The van der Waals surface area contributed by atoms with Gasteiger partial charge in [-0.05, 0) is 65.2 Å². The minimum Gasteiger partial charge on any atom is -0.444 e. The monoisotopic (exact) mass is 306 g/mol. The lowest BCUT2D eigenvalue weighted by Gasteiger charge is -2.29. The van der Waals surface area contributed by atoms with E-state index in [0.717, 1.165) is 6.54 Å². The summed E-state index contributed by atoms with van der Waals surface area (Å²) < 4.78 is 5.30. The summed E-state index contributed by atoms with van der Waals surface area (Å²) in [6.07, 6.45) is -0.383. The van der Waals surface area contributed by atoms with Gasteiger partial charge in [-0.3, -0.25) is 0 Å². The Hall–Kier alpha value is -1.55. The van der Waals surface area contributed by atoms with Gasteiger partial charge in [-0.2, -0.15) is 0 Å². The minimum absolute atomic E-state index is 0.376. The molecule has 0 aliphatic carbocycles. The molecule has 1 aromatic carbocycles. The van der Waals surface area contributed by atoms with Gasteiger partial charge in [0.25, 0.3) is 0 Å². The van der Waals surface area contributed by atoms with Crippen molar-refractivity contribution in [3.63, 3.8) is 0 Å². The second-order valence-corrected chi connectivity index (χ2v) is 7.48. The van der Waals surface area contributed by atoms with Crippen molar-refractivity contribution in [2.24, 2.45) is 0 Å². The quantitative estimate of drug-likeness (QED) is 0.872. The fourth-order valence-corrected chi connectivity index (χ4v) is 2.25. The highest BCUT2D eigenvalue weighted by atomic mass is 16.6. The first-order valence-corrected chi connectivity index (χ1v) is 7.77. The van der Waals surface area contributed by atoms with Crippen LogP contribution in [0.15, 0.2) is 18.2 Å². The maximum absolute atomic E-state index is 11.9. The summed E-state index contributed by atoms with van der Waals surface area (Å²) in [5, 5.41) is 6.33. The number of alkyl carbamates (subject to hydrolysis) is 1. The number of benzene rings is 1. The van der Waals surface area contributed by atoms with Crippen LogP contribution in [0, 0.1) is 13.8 Å². The highest BCUT2D eigenvalue weighted by Crippen LogP contribution is 2.13. The van der Waals surface area contributed by atoms with Crippen LogP contribution in [0.1, 0.15) is 51.3 Å². The summed E-state index contributed by atoms with van der Waals surface area (Å²) in [6, 6.07) is 6.31. The topological polar surface area (TPSA) is 50.4 Å². The van der Waals surface area contributed by atoms with E-state index in [1.807, 2.05) is 34.6 Å². The zero-order valence-electron chi connectivity index (χ0n) is 15.0. The Morgan fingerprint density at radius 1 is 1.09 bits per heavy atom. The zero-order chi connectivity index (χ0) is 17.0. The van der Waals surface area contributed by atoms with Gasteiger partial charge >= 0.3 is 6.09 Å². The molecule has 0 aliphatic heterocycles. The molecule has 1 rings (SSSR count). The molecule has 2 N–H and O–H groups in total. The molecular formula is C18H30N2O2. The average molecular weight is 306 g/mol. The molecule has 1 aromatic rings. The van der Waals surface area contributed by atoms with Crippen molar-refractivity contribution in [3.8, 4) is 0 Å². The molecule has 0 aliphatic rings. The number of hydrogen-bond acceptors (Lipinski definition) is 3. The van der Waals surface area contributed by atoms with E-state index < -0.39 is 5.60 Å². The SMILES string of the molecule is Cc1cccc(C)c1CNCC(C)(C)NC(=O)OC(C)(C)C. The Morgan fingerprint density at radius 2 is 1.64 bits per heavy atom. The van der Waals surface area contributed by atoms with Gasteiger partial charge < -0.3 is 15.4 Å². The van der Waals surface area contributed by atoms with Crippen molar-refractivity contribution in [1.82, 2.24) is 10.6 Å². The molecule has 0 saturated heterocycles. The number of ether oxygens (including phenoxy) is 1. The van der Waals surface area contributed by atoms with Crippen LogP contribution in [0.4, 0.5) is 4.79 Å². The maximum atomic E-state index is 11.9. The molecule has 124 valence electrons. The van der Waals surface area contributed by atoms with E-state index in [1.165, 1.54) is 16.7 Å². The van der Waals surface area contributed by atoms with Crippen molar-refractivity contribution in [2.45, 2.75) is 66.2 Å². The van der Waals surface area contributed by atoms with Crippen LogP contribution in [-0.2, 0) is 11.3 Å². The number of carbonyl (C=O) groups is 1. The maximum Gasteiger partial charge on any atom is 0.408 e. The van der Waals surface area contributed by atoms with E-state index in [9.17, 15) is 4.79 Å². The third-order valence-electron chi connectivity index (χ3n) is 3.35. The van der Waals surface area contributed by atoms with Gasteiger partial charge in [-0.15, -0.1) is 0 Å². The molecule has 0 bridgehead atoms. The Labute approximate surface area is 134 Å². The van der Waals surface area contributed by atoms with Gasteiger partial charge in [0.2, 0.25) is 0 Å². The highest BCUT2D eigenvalue weighted by molar-refractivity contribution is 5.68. The van der Waals surface area contributed by atoms with Crippen LogP contribution in [0.2, 0.25) is 0 Å². The molecule has 22 heavy (non-hydrogen) atoms. The molecule has 0 unspecified atom stereocenters. The van der Waals surface area contributed by atoms with Crippen molar-refractivity contribution in [3.05, 3.63) is 34.9 Å². The Balaban J connectivity index is 2.51. The smallest absolute Gasteiger partial charge is 0.408 e. The third-order valence-corrected chi connectivity index (χ3v) is 3.35. The molecule has 0 aromatic heterocycles. The number of carbonyl (C=O) groups excluding carboxylic acids is 1. The molecule has 0 saturated carbocycles. The highest BCUT2D eigenvalue weighted by Gasteiger charge is 2.24. The Bertz CT molecular complexity index is 496. The fraction of sp³-hybridized carbons (Fsp3) is 0.611. The summed E-state index contributed by atoms with van der Waals surface area (Å²) in [7, 11) is 0. The molecule has 0 atom stereocenters. The van der Waals surface area contributed by atoms with Crippen molar-refractivity contribution in [2.75, 3.05) is 6.54 Å². The van der Waals surface area contributed by atoms with E-state index in [-0.39, 0.29) is 11.6 Å². The molecule has 0 heterocycles. The second-order valence-electron chi connectivity index (χ2n) is 7.48. The van der Waals surface area contributed by atoms with E-state index in [1.54, 1.807) is 0 Å². The van der Waals surface area contributed by atoms with Gasteiger partial charge in [0.05, 0.1) is 5.54 Å². The lowest BCUT2D eigenvalue weighted by molar-refractivity contribution is 0.0472. The van der Waals surface area contributed by atoms with Crippen molar-refractivity contribution in [1.29, 1.82) is 0 Å². The van der Waals surface area contributed by atoms with Crippen molar-refractivity contribution < 1.29 is 9.53 Å². The predicted octanol–water partition coefficient (Wildman–Crippen LogP) is 3.70. The molecule has 0 fully saturated rings. The molecule has 4 nitrogen and oxygen atoms in total. The number of hydrogen-bond donors (Lipinski definition) is 2. The second kappa shape index (κ2) is 7.14. The molecular weight excluding hydrogens is 276 g/mol. The van der Waals surface area contributed by atoms with Crippen LogP contribution >= 0.6 is 0 Å². The van der Waals surface area contributed by atoms with Gasteiger partial charge in [0.1, 0.15) is 5.60 Å². The average Bonchev–Trinajstić information content (AvgIpc) is 2.29. The molecule has 0 spiro atoms. The Kier molecular flexibility index (Phi) is 6.00. The first-order chi connectivity index (χ1) is 10.0. The van der Waals surface area contributed by atoms with Gasteiger partial charge in [-0.25, -0.2) is 4.79 Å². The van der Waals surface area contributed by atoms with E-state index >= 15 is 0 Å². The van der Waals surface area contributed by atoms with Gasteiger partial charge in [0.15, 0.2) is 0 Å². The van der Waals surface area contributed by atoms with Crippen LogP contribution < -0.4 is 10.6 Å². The fourth-order valence-electron chi connectivity index (χ4n) is 2.25. The summed E-state index contributed by atoms with van der Waals surface area (Å²) in [5.74, 6) is 0. The third kappa shape index (κ3) is 6.48. The summed E-state index contributed by atoms with van der Waals surface area (Å²) in [5.41, 5.74) is 3.02. The lowest BCUT2D eigenvalue weighted by Crippen LogP contribution is -2.51. The minimum atomic E-state index is -0.480. The van der Waals surface area contributed by atoms with Crippen LogP contribution in [0.5, 0.6) is 0 Å². The first-order valence-electron chi connectivity index (χ1n) is 7.77. The molecule has 0 radical (unpaired) electrons. The van der Waals surface area contributed by atoms with Crippen molar-refractivity contribution >= 4 is 6.09 Å². The molecule has 4 heteroatoms. The van der Waals surface area contributed by atoms with E-state index in [4.69, 9.17) is 4.74 Å². The van der Waals surface area contributed by atoms with Gasteiger partial charge in [0, 0.05) is 13.1 Å². The summed E-state index contributed by atoms with van der Waals surface area (Å²) in [4.78, 5) is 11.9. The van der Waals surface area contributed by atoms with E-state index in [2.05, 4.69) is 42.7 Å². The standard InChI is InChI=1S/C18H30N2O2/c1-13-9-8-10-14(2)15(13)11-19-12-18(6,7)20-16(21)22-17(3,4)5/h8-10,19H,11-12H2,1-7H3,(H,20,21). The summed E-state index contributed by atoms with van der Waals surface area (Å²) in [6.45, 7) is 15.2. The van der Waals surface area contributed by atoms with Gasteiger partial charge in [-0.1, -0.05) is 18.2 Å². The van der Waals surface area contributed by atoms with Crippen LogP contribution in [-0.4, -0.2) is 23.8 Å². The normalized spacial score (nSPS) is 12.1. The Morgan fingerprint density at radius 3 is 2.14 bits per heavy atom. The van der Waals surface area contributed by atoms with E-state index in [0.29, 0.717) is 6.54 Å². The first kappa shape index (κ1) is 18.5. The number of nitrogens with one attached hydrogen (secondary N) is 2. The number of aryl methyl sites for hydroxylation is 2. The largest absolute Gasteiger partial charge is 0.444 e. The lowest BCUT2D eigenvalue weighted by atomic mass is 10.0. The van der Waals surface area contributed by atoms with Crippen LogP contribution in [0.3, 0.4) is 0 Å². The number of rotatable bonds is 5. The number of amides is 1. The molecule has 1 amide bonds.